The molecule has 1 N–H and O–H groups in total. The number of carbonyl (C=O) groups excluding carboxylic acids is 1. The highest BCUT2D eigenvalue weighted by Crippen LogP contribution is 2.27. The van der Waals surface area contributed by atoms with Crippen LogP contribution in [0.2, 0.25) is 0 Å². The maximum absolute atomic E-state index is 12.9. The number of nitrogens with zero attached hydrogens (tertiary/aromatic N) is 3. The van der Waals surface area contributed by atoms with Crippen LogP contribution in [0.15, 0.2) is 27.7 Å². The van der Waals surface area contributed by atoms with Crippen LogP contribution in [-0.2, 0) is 21.4 Å². The summed E-state index contributed by atoms with van der Waals surface area (Å²) in [6, 6.07) is 3.62. The lowest BCUT2D eigenvalue weighted by molar-refractivity contribution is -0.126. The predicted octanol–water partition coefficient (Wildman–Crippen LogP) is 1.41. The highest BCUT2D eigenvalue weighted by atomic mass is 32.2. The highest BCUT2D eigenvalue weighted by Gasteiger charge is 2.35. The molecule has 0 aliphatic carbocycles. The van der Waals surface area contributed by atoms with Crippen LogP contribution in [0, 0.1) is 19.8 Å². The van der Waals surface area contributed by atoms with Gasteiger partial charge in [0.2, 0.25) is 21.8 Å². The standard InChI is InChI=1S/C18H24N4O5S/c1-12-16(13(2)27-21-12)28(24,25)22-9-6-14(7-10-22)17(23)20-11-15-5-4-8-19-18(15)26-3/h4-5,8,14H,6-7,9-11H2,1-3H3,(H,20,23). The first-order valence-electron chi connectivity index (χ1n) is 9.03. The van der Waals surface area contributed by atoms with Gasteiger partial charge in [0, 0.05) is 37.3 Å². The topological polar surface area (TPSA) is 115 Å². The van der Waals surface area contributed by atoms with E-state index in [-0.39, 0.29) is 35.6 Å². The highest BCUT2D eigenvalue weighted by molar-refractivity contribution is 7.89. The van der Waals surface area contributed by atoms with Gasteiger partial charge in [0.05, 0.1) is 7.11 Å². The van der Waals surface area contributed by atoms with E-state index in [1.54, 1.807) is 26.1 Å². The second-order valence-electron chi connectivity index (χ2n) is 6.72. The Bertz CT molecular complexity index is 929. The normalized spacial score (nSPS) is 16.1. The molecule has 1 amide bonds. The number of nitrogens with one attached hydrogen (secondary N) is 1. The van der Waals surface area contributed by atoms with E-state index in [9.17, 15) is 13.2 Å². The molecule has 3 rings (SSSR count). The van der Waals surface area contributed by atoms with Gasteiger partial charge in [0.15, 0.2) is 5.76 Å². The first kappa shape index (κ1) is 20.3. The molecule has 0 atom stereocenters. The van der Waals surface area contributed by atoms with E-state index in [1.807, 2.05) is 6.07 Å². The number of sulfonamides is 1. The molecule has 0 bridgehead atoms. The Kier molecular flexibility index (Phi) is 5.99. The van der Waals surface area contributed by atoms with Crippen molar-refractivity contribution in [1.29, 1.82) is 0 Å². The van der Waals surface area contributed by atoms with Gasteiger partial charge in [-0.3, -0.25) is 4.79 Å². The van der Waals surface area contributed by atoms with Gasteiger partial charge in [-0.25, -0.2) is 13.4 Å². The van der Waals surface area contributed by atoms with Crippen LogP contribution in [0.1, 0.15) is 29.9 Å². The van der Waals surface area contributed by atoms with E-state index in [0.29, 0.717) is 31.0 Å². The van der Waals surface area contributed by atoms with E-state index in [4.69, 9.17) is 9.26 Å². The Balaban J connectivity index is 1.58. The SMILES string of the molecule is COc1ncccc1CNC(=O)C1CCN(S(=O)(=O)c2c(C)noc2C)CC1. The van der Waals surface area contributed by atoms with Crippen LogP contribution in [0.5, 0.6) is 5.88 Å². The van der Waals surface area contributed by atoms with E-state index >= 15 is 0 Å². The minimum absolute atomic E-state index is 0.0970. The number of rotatable bonds is 6. The Morgan fingerprint density at radius 1 is 1.36 bits per heavy atom. The molecule has 1 saturated heterocycles. The zero-order valence-corrected chi connectivity index (χ0v) is 17.0. The lowest BCUT2D eigenvalue weighted by Crippen LogP contribution is -2.43. The largest absolute Gasteiger partial charge is 0.481 e. The zero-order chi connectivity index (χ0) is 20.3. The molecule has 9 nitrogen and oxygen atoms in total. The molecule has 2 aromatic heterocycles. The first-order chi connectivity index (χ1) is 13.3. The van der Waals surface area contributed by atoms with Gasteiger partial charge in [-0.05, 0) is 32.8 Å². The molecule has 0 spiro atoms. The number of pyridine rings is 1. The van der Waals surface area contributed by atoms with Crippen LogP contribution in [0.4, 0.5) is 0 Å². The number of ether oxygens (including phenoxy) is 1. The quantitative estimate of drug-likeness (QED) is 0.768. The van der Waals surface area contributed by atoms with Crippen molar-refractivity contribution < 1.29 is 22.5 Å². The number of carbonyl (C=O) groups is 1. The summed E-state index contributed by atoms with van der Waals surface area (Å²) in [6.07, 6.45) is 2.54. The van der Waals surface area contributed by atoms with Crippen molar-refractivity contribution in [2.24, 2.45) is 5.92 Å². The van der Waals surface area contributed by atoms with Gasteiger partial charge in [0.1, 0.15) is 10.6 Å². The summed E-state index contributed by atoms with van der Waals surface area (Å²) in [5.74, 6) is 0.421. The lowest BCUT2D eigenvalue weighted by Gasteiger charge is -2.30. The van der Waals surface area contributed by atoms with Gasteiger partial charge in [-0.1, -0.05) is 11.2 Å². The van der Waals surface area contributed by atoms with Crippen LogP contribution >= 0.6 is 0 Å². The van der Waals surface area contributed by atoms with Crippen LogP contribution in [-0.4, -0.2) is 49.0 Å². The summed E-state index contributed by atoms with van der Waals surface area (Å²) in [5.41, 5.74) is 1.14. The van der Waals surface area contributed by atoms with Gasteiger partial charge in [0.25, 0.3) is 0 Å². The number of aromatic nitrogens is 2. The molecule has 0 saturated carbocycles. The van der Waals surface area contributed by atoms with Crippen LogP contribution in [0.3, 0.4) is 0 Å². The maximum atomic E-state index is 12.9. The average Bonchev–Trinajstić information content (AvgIpc) is 3.05. The number of methoxy groups -OCH3 is 1. The lowest BCUT2D eigenvalue weighted by atomic mass is 9.97. The van der Waals surface area contributed by atoms with Crippen molar-refractivity contribution in [3.8, 4) is 5.88 Å². The summed E-state index contributed by atoms with van der Waals surface area (Å²) in [7, 11) is -2.14. The molecule has 1 aliphatic rings. The van der Waals surface area contributed by atoms with Crippen molar-refractivity contribution in [2.45, 2.75) is 38.1 Å². The molecule has 152 valence electrons. The molecular formula is C18H24N4O5S. The van der Waals surface area contributed by atoms with Crippen LogP contribution in [0.25, 0.3) is 0 Å². The maximum Gasteiger partial charge on any atom is 0.248 e. The molecule has 1 aliphatic heterocycles. The molecule has 1 fully saturated rings. The zero-order valence-electron chi connectivity index (χ0n) is 16.1. The minimum atomic E-state index is -3.67. The summed E-state index contributed by atoms with van der Waals surface area (Å²) in [5, 5.41) is 6.62. The van der Waals surface area contributed by atoms with E-state index < -0.39 is 10.0 Å². The Hall–Kier alpha value is -2.46. The molecule has 0 unspecified atom stereocenters. The van der Waals surface area contributed by atoms with Gasteiger partial charge in [-0.15, -0.1) is 0 Å². The van der Waals surface area contributed by atoms with Crippen molar-refractivity contribution in [1.82, 2.24) is 19.8 Å². The molecule has 2 aromatic rings. The van der Waals surface area contributed by atoms with E-state index in [2.05, 4.69) is 15.5 Å². The molecule has 3 heterocycles. The Morgan fingerprint density at radius 2 is 2.07 bits per heavy atom. The average molecular weight is 408 g/mol. The van der Waals surface area contributed by atoms with Gasteiger partial charge in [-0.2, -0.15) is 4.31 Å². The van der Waals surface area contributed by atoms with Crippen molar-refractivity contribution >= 4 is 15.9 Å². The molecule has 10 heteroatoms. The third-order valence-corrected chi connectivity index (χ3v) is 7.03. The first-order valence-corrected chi connectivity index (χ1v) is 10.5. The fourth-order valence-electron chi connectivity index (χ4n) is 3.40. The van der Waals surface area contributed by atoms with Crippen molar-refractivity contribution in [2.75, 3.05) is 20.2 Å². The number of aryl methyl sites for hydroxylation is 2. The fraction of sp³-hybridized carbons (Fsp3) is 0.500. The van der Waals surface area contributed by atoms with Gasteiger partial charge < -0.3 is 14.6 Å². The Labute approximate surface area is 164 Å². The predicted molar refractivity (Wildman–Crippen MR) is 100 cm³/mol. The number of amides is 1. The second kappa shape index (κ2) is 8.27. The monoisotopic (exact) mass is 408 g/mol. The summed E-state index contributed by atoms with van der Waals surface area (Å²) in [4.78, 5) is 16.7. The smallest absolute Gasteiger partial charge is 0.248 e. The van der Waals surface area contributed by atoms with Crippen molar-refractivity contribution in [3.05, 3.63) is 35.3 Å². The number of hydrogen-bond acceptors (Lipinski definition) is 7. The van der Waals surface area contributed by atoms with Crippen molar-refractivity contribution in [3.63, 3.8) is 0 Å². The molecule has 0 aromatic carbocycles. The van der Waals surface area contributed by atoms with E-state index in [1.165, 1.54) is 11.4 Å². The fourth-order valence-corrected chi connectivity index (χ4v) is 5.16. The summed E-state index contributed by atoms with van der Waals surface area (Å²) >= 11 is 0. The summed E-state index contributed by atoms with van der Waals surface area (Å²) in [6.45, 7) is 4.06. The Morgan fingerprint density at radius 3 is 2.68 bits per heavy atom. The number of hydrogen-bond donors (Lipinski definition) is 1. The minimum Gasteiger partial charge on any atom is -0.481 e. The number of piperidine rings is 1. The third-order valence-electron chi connectivity index (χ3n) is 4.89. The van der Waals surface area contributed by atoms with Gasteiger partial charge >= 0.3 is 0 Å². The van der Waals surface area contributed by atoms with E-state index in [0.717, 1.165) is 5.56 Å². The van der Waals surface area contributed by atoms with Crippen LogP contribution < -0.4 is 10.1 Å². The third kappa shape index (κ3) is 4.02. The molecule has 28 heavy (non-hydrogen) atoms. The molecule has 0 radical (unpaired) electrons. The summed E-state index contributed by atoms with van der Waals surface area (Å²) < 4.78 is 37.3. The second-order valence-corrected chi connectivity index (χ2v) is 8.60. The molecular weight excluding hydrogens is 384 g/mol.